The fourth-order valence-corrected chi connectivity index (χ4v) is 1.56. The van der Waals surface area contributed by atoms with Gasteiger partial charge in [-0.05, 0) is 19.4 Å². The smallest absolute Gasteiger partial charge is 0.330 e. The predicted molar refractivity (Wildman–Crippen MR) is 54.4 cm³/mol. The van der Waals surface area contributed by atoms with E-state index in [1.165, 1.54) is 6.42 Å². The van der Waals surface area contributed by atoms with Crippen LogP contribution in [0.5, 0.6) is 0 Å². The molecular formula is C8H20NO3P. The number of hydrogen-bond donors (Lipinski definition) is 1. The van der Waals surface area contributed by atoms with Crippen molar-refractivity contribution in [3.63, 3.8) is 0 Å². The highest BCUT2D eigenvalue weighted by molar-refractivity contribution is 7.41. The first-order valence-electron chi connectivity index (χ1n) is 4.56. The largest absolute Gasteiger partial charge is 0.332 e. The van der Waals surface area contributed by atoms with E-state index in [-0.39, 0.29) is 0 Å². The van der Waals surface area contributed by atoms with Gasteiger partial charge in [0.15, 0.2) is 0 Å². The Kier molecular flexibility index (Phi) is 10.6. The molecule has 0 aromatic rings. The zero-order valence-corrected chi connectivity index (χ0v) is 9.39. The molecular weight excluding hydrogens is 189 g/mol. The molecule has 5 heteroatoms. The molecule has 0 fully saturated rings. The Morgan fingerprint density at radius 1 is 1.00 bits per heavy atom. The quantitative estimate of drug-likeness (QED) is 0.466. The van der Waals surface area contributed by atoms with Crippen molar-refractivity contribution in [3.05, 3.63) is 0 Å². The van der Waals surface area contributed by atoms with Crippen molar-refractivity contribution in [2.24, 2.45) is 5.73 Å². The Morgan fingerprint density at radius 2 is 1.62 bits per heavy atom. The van der Waals surface area contributed by atoms with Crippen LogP contribution in [0.2, 0.25) is 0 Å². The fraction of sp³-hybridized carbons (Fsp3) is 1.00. The summed E-state index contributed by atoms with van der Waals surface area (Å²) in [5.41, 5.74) is 5.37. The van der Waals surface area contributed by atoms with Crippen molar-refractivity contribution in [3.8, 4) is 0 Å². The van der Waals surface area contributed by atoms with Gasteiger partial charge in [-0.15, -0.1) is 0 Å². The van der Waals surface area contributed by atoms with Gasteiger partial charge < -0.3 is 19.3 Å². The lowest BCUT2D eigenvalue weighted by molar-refractivity contribution is 0.202. The van der Waals surface area contributed by atoms with Crippen LogP contribution in [-0.2, 0) is 13.6 Å². The molecule has 0 aliphatic heterocycles. The van der Waals surface area contributed by atoms with Gasteiger partial charge in [0.25, 0.3) is 0 Å². The maximum atomic E-state index is 5.37. The van der Waals surface area contributed by atoms with E-state index in [1.807, 2.05) is 0 Å². The lowest BCUT2D eigenvalue weighted by atomic mass is 10.2. The lowest BCUT2D eigenvalue weighted by Crippen LogP contribution is -1.98. The minimum absolute atomic E-state index is 0.706. The Balaban J connectivity index is 3.05. The van der Waals surface area contributed by atoms with Gasteiger partial charge in [0.05, 0.1) is 6.61 Å². The highest BCUT2D eigenvalue weighted by Crippen LogP contribution is 2.37. The third kappa shape index (κ3) is 8.60. The topological polar surface area (TPSA) is 53.7 Å². The van der Waals surface area contributed by atoms with E-state index in [0.29, 0.717) is 6.61 Å². The molecule has 0 aromatic heterocycles. The number of rotatable bonds is 9. The molecule has 0 aromatic carbocycles. The van der Waals surface area contributed by atoms with Gasteiger partial charge in [0.1, 0.15) is 0 Å². The molecule has 0 heterocycles. The van der Waals surface area contributed by atoms with Crippen LogP contribution in [0.3, 0.4) is 0 Å². The van der Waals surface area contributed by atoms with Crippen LogP contribution in [0.1, 0.15) is 25.7 Å². The minimum atomic E-state index is -1.11. The molecule has 2 N–H and O–H groups in total. The lowest BCUT2D eigenvalue weighted by Gasteiger charge is -2.10. The summed E-state index contributed by atoms with van der Waals surface area (Å²) in [5.74, 6) is 0. The van der Waals surface area contributed by atoms with Crippen molar-refractivity contribution in [1.29, 1.82) is 0 Å². The minimum Gasteiger partial charge on any atom is -0.330 e. The summed E-state index contributed by atoms with van der Waals surface area (Å²) in [5, 5.41) is 0. The Bertz CT molecular complexity index is 101. The molecule has 0 aliphatic carbocycles. The van der Waals surface area contributed by atoms with Crippen molar-refractivity contribution in [2.45, 2.75) is 25.7 Å². The number of unbranched alkanes of at least 4 members (excludes halogenated alkanes) is 3. The normalized spacial score (nSPS) is 11.1. The first kappa shape index (κ1) is 13.3. The SMILES string of the molecule is COP(OC)OCCCCCCN. The van der Waals surface area contributed by atoms with Crippen LogP contribution in [0.15, 0.2) is 0 Å². The van der Waals surface area contributed by atoms with Gasteiger partial charge in [0.2, 0.25) is 0 Å². The van der Waals surface area contributed by atoms with Crippen LogP contribution in [-0.4, -0.2) is 27.4 Å². The zero-order valence-electron chi connectivity index (χ0n) is 8.49. The Morgan fingerprint density at radius 3 is 2.15 bits per heavy atom. The summed E-state index contributed by atoms with van der Waals surface area (Å²) in [7, 11) is 2.07. The maximum absolute atomic E-state index is 5.37. The van der Waals surface area contributed by atoms with Crippen LogP contribution >= 0.6 is 8.60 Å². The van der Waals surface area contributed by atoms with Crippen molar-refractivity contribution >= 4 is 8.60 Å². The monoisotopic (exact) mass is 209 g/mol. The summed E-state index contributed by atoms with van der Waals surface area (Å²) < 4.78 is 15.2. The Hall–Kier alpha value is 0.270. The molecule has 4 nitrogen and oxygen atoms in total. The maximum Gasteiger partial charge on any atom is 0.332 e. The third-order valence-corrected chi connectivity index (χ3v) is 2.58. The van der Waals surface area contributed by atoms with Crippen molar-refractivity contribution in [1.82, 2.24) is 0 Å². The summed E-state index contributed by atoms with van der Waals surface area (Å²) in [6.07, 6.45) is 4.49. The van der Waals surface area contributed by atoms with Gasteiger partial charge in [-0.1, -0.05) is 12.8 Å². The van der Waals surface area contributed by atoms with Crippen LogP contribution in [0.25, 0.3) is 0 Å². The van der Waals surface area contributed by atoms with Gasteiger partial charge >= 0.3 is 8.60 Å². The summed E-state index contributed by atoms with van der Waals surface area (Å²) in [6, 6.07) is 0. The number of hydrogen-bond acceptors (Lipinski definition) is 4. The fourth-order valence-electron chi connectivity index (χ4n) is 0.919. The van der Waals surface area contributed by atoms with E-state index in [1.54, 1.807) is 14.2 Å². The molecule has 0 bridgehead atoms. The molecule has 0 radical (unpaired) electrons. The highest BCUT2D eigenvalue weighted by atomic mass is 31.2. The first-order valence-corrected chi connectivity index (χ1v) is 5.66. The molecule has 0 spiro atoms. The van der Waals surface area contributed by atoms with Crippen LogP contribution in [0, 0.1) is 0 Å². The average Bonchev–Trinajstić information content (AvgIpc) is 2.17. The predicted octanol–water partition coefficient (Wildman–Crippen LogP) is 2.04. The molecule has 0 saturated heterocycles. The molecule has 0 atom stereocenters. The molecule has 0 aliphatic rings. The van der Waals surface area contributed by atoms with E-state index >= 15 is 0 Å². The van der Waals surface area contributed by atoms with Gasteiger partial charge in [0, 0.05) is 14.2 Å². The molecule has 0 saturated carbocycles. The van der Waals surface area contributed by atoms with Crippen LogP contribution < -0.4 is 5.73 Å². The highest BCUT2D eigenvalue weighted by Gasteiger charge is 2.05. The van der Waals surface area contributed by atoms with Gasteiger partial charge in [-0.25, -0.2) is 0 Å². The second kappa shape index (κ2) is 10.4. The molecule has 0 amide bonds. The third-order valence-electron chi connectivity index (χ3n) is 1.59. The average molecular weight is 209 g/mol. The summed E-state index contributed by atoms with van der Waals surface area (Å²) in [4.78, 5) is 0. The van der Waals surface area contributed by atoms with E-state index < -0.39 is 8.60 Å². The van der Waals surface area contributed by atoms with E-state index in [0.717, 1.165) is 25.8 Å². The van der Waals surface area contributed by atoms with E-state index in [2.05, 4.69) is 0 Å². The van der Waals surface area contributed by atoms with Crippen molar-refractivity contribution < 1.29 is 13.6 Å². The summed E-state index contributed by atoms with van der Waals surface area (Å²) >= 11 is 0. The second-order valence-electron chi connectivity index (χ2n) is 2.62. The Labute approximate surface area is 81.7 Å². The van der Waals surface area contributed by atoms with Crippen molar-refractivity contribution in [2.75, 3.05) is 27.4 Å². The van der Waals surface area contributed by atoms with Gasteiger partial charge in [-0.2, -0.15) is 0 Å². The molecule has 80 valence electrons. The molecule has 0 rings (SSSR count). The first-order chi connectivity index (χ1) is 6.35. The van der Waals surface area contributed by atoms with E-state index in [4.69, 9.17) is 19.3 Å². The zero-order chi connectivity index (χ0) is 9.94. The number of nitrogens with two attached hydrogens (primary N) is 1. The van der Waals surface area contributed by atoms with E-state index in [9.17, 15) is 0 Å². The second-order valence-corrected chi connectivity index (χ2v) is 4.06. The summed E-state index contributed by atoms with van der Waals surface area (Å²) in [6.45, 7) is 1.49. The molecule has 0 unspecified atom stereocenters. The van der Waals surface area contributed by atoms with Gasteiger partial charge in [-0.3, -0.25) is 0 Å². The standard InChI is InChI=1S/C8H20NO3P/c1-10-13(11-2)12-8-6-4-3-5-7-9/h3-9H2,1-2H3. The van der Waals surface area contributed by atoms with Crippen LogP contribution in [0.4, 0.5) is 0 Å². The molecule has 13 heavy (non-hydrogen) atoms.